The molecule has 0 bridgehead atoms. The second-order valence-corrected chi connectivity index (χ2v) is 6.31. The number of hydrogen-bond acceptors (Lipinski definition) is 5. The summed E-state index contributed by atoms with van der Waals surface area (Å²) in [5, 5.41) is 8.94. The lowest BCUT2D eigenvalue weighted by molar-refractivity contribution is 0.0499. The van der Waals surface area contributed by atoms with E-state index in [-0.39, 0.29) is 18.6 Å². The molecule has 2 aromatic rings. The summed E-state index contributed by atoms with van der Waals surface area (Å²) >= 11 is 0. The quantitative estimate of drug-likeness (QED) is 0.856. The zero-order valence-electron chi connectivity index (χ0n) is 14.4. The average Bonchev–Trinajstić information content (AvgIpc) is 3.08. The average molecular weight is 339 g/mol. The fourth-order valence-corrected chi connectivity index (χ4v) is 3.03. The van der Waals surface area contributed by atoms with Crippen LogP contribution < -0.4 is 4.74 Å². The van der Waals surface area contributed by atoms with Crippen LogP contribution in [0.4, 0.5) is 0 Å². The summed E-state index contributed by atoms with van der Waals surface area (Å²) in [5.41, 5.74) is 1.24. The van der Waals surface area contributed by atoms with Crippen molar-refractivity contribution in [1.29, 1.82) is 5.26 Å². The highest BCUT2D eigenvalue weighted by atomic mass is 16.5. The first-order chi connectivity index (χ1) is 12.1. The van der Waals surface area contributed by atoms with Crippen molar-refractivity contribution in [2.75, 3.05) is 26.7 Å². The molecule has 1 saturated heterocycles. The van der Waals surface area contributed by atoms with Gasteiger partial charge in [-0.3, -0.25) is 4.79 Å². The molecule has 3 rings (SSSR count). The fraction of sp³-hybridized carbons (Fsp3) is 0.368. The fourth-order valence-electron chi connectivity index (χ4n) is 3.03. The molecule has 1 aromatic heterocycles. The van der Waals surface area contributed by atoms with E-state index in [0.29, 0.717) is 29.2 Å². The number of carbonyl (C=O) groups is 1. The monoisotopic (exact) mass is 339 g/mol. The molecular weight excluding hydrogens is 318 g/mol. The Morgan fingerprint density at radius 1 is 1.40 bits per heavy atom. The lowest BCUT2D eigenvalue weighted by Crippen LogP contribution is -2.52. The molecule has 1 amide bonds. The van der Waals surface area contributed by atoms with Crippen molar-refractivity contribution in [2.45, 2.75) is 19.6 Å². The molecule has 25 heavy (non-hydrogen) atoms. The summed E-state index contributed by atoms with van der Waals surface area (Å²) in [6.07, 6.45) is 1.51. The van der Waals surface area contributed by atoms with Crippen LogP contribution in [0.5, 0.6) is 5.75 Å². The Hall–Kier alpha value is -2.78. The molecule has 1 aromatic carbocycles. The van der Waals surface area contributed by atoms with E-state index >= 15 is 0 Å². The van der Waals surface area contributed by atoms with Gasteiger partial charge in [0.1, 0.15) is 12.4 Å². The number of benzene rings is 1. The number of likely N-dealkylation sites (N-methyl/N-ethyl adjacent to an activating group) is 1. The topological polar surface area (TPSA) is 69.7 Å². The molecule has 0 spiro atoms. The van der Waals surface area contributed by atoms with E-state index in [0.717, 1.165) is 13.1 Å². The molecule has 0 saturated carbocycles. The highest BCUT2D eigenvalue weighted by molar-refractivity contribution is 5.93. The van der Waals surface area contributed by atoms with Crippen LogP contribution in [0.25, 0.3) is 0 Å². The molecule has 0 radical (unpaired) electrons. The standard InChI is InChI=1S/C19H21N3O3/c1-14-12-21(2)7-8-22(14)19(23)18-16(6-9-24-18)13-25-17-5-3-4-15(10-17)11-20/h3-6,9-10,14H,7-8,12-13H2,1-2H3/t14-/m0/s1. The van der Waals surface area contributed by atoms with Crippen LogP contribution in [0.2, 0.25) is 0 Å². The minimum absolute atomic E-state index is 0.102. The Morgan fingerprint density at radius 2 is 2.24 bits per heavy atom. The van der Waals surface area contributed by atoms with Gasteiger partial charge in [0.25, 0.3) is 5.91 Å². The number of furan rings is 1. The van der Waals surface area contributed by atoms with E-state index in [2.05, 4.69) is 18.0 Å². The second-order valence-electron chi connectivity index (χ2n) is 6.31. The predicted molar refractivity (Wildman–Crippen MR) is 92.2 cm³/mol. The van der Waals surface area contributed by atoms with Crippen molar-refractivity contribution in [3.05, 3.63) is 53.5 Å². The van der Waals surface area contributed by atoms with Gasteiger partial charge in [-0.25, -0.2) is 0 Å². The van der Waals surface area contributed by atoms with E-state index in [4.69, 9.17) is 14.4 Å². The minimum atomic E-state index is -0.102. The number of nitrogens with zero attached hydrogens (tertiary/aromatic N) is 3. The van der Waals surface area contributed by atoms with Gasteiger partial charge in [-0.05, 0) is 38.2 Å². The summed E-state index contributed by atoms with van der Waals surface area (Å²) in [5.74, 6) is 0.814. The number of carbonyl (C=O) groups excluding carboxylic acids is 1. The summed E-state index contributed by atoms with van der Waals surface area (Å²) in [6, 6.07) is 10.9. The van der Waals surface area contributed by atoms with Crippen LogP contribution in [-0.2, 0) is 6.61 Å². The largest absolute Gasteiger partial charge is 0.489 e. The highest BCUT2D eigenvalue weighted by Gasteiger charge is 2.29. The molecule has 0 aliphatic carbocycles. The zero-order valence-corrected chi connectivity index (χ0v) is 14.4. The summed E-state index contributed by atoms with van der Waals surface area (Å²) < 4.78 is 11.2. The van der Waals surface area contributed by atoms with Gasteiger partial charge < -0.3 is 19.0 Å². The van der Waals surface area contributed by atoms with Crippen LogP contribution >= 0.6 is 0 Å². The maximum absolute atomic E-state index is 12.8. The smallest absolute Gasteiger partial charge is 0.290 e. The van der Waals surface area contributed by atoms with Crippen molar-refractivity contribution in [2.24, 2.45) is 0 Å². The molecular formula is C19H21N3O3. The molecule has 0 N–H and O–H groups in total. The second kappa shape index (κ2) is 7.41. The Kier molecular flexibility index (Phi) is 5.05. The minimum Gasteiger partial charge on any atom is -0.489 e. The van der Waals surface area contributed by atoms with Gasteiger partial charge in [0.05, 0.1) is 17.9 Å². The molecule has 1 fully saturated rings. The van der Waals surface area contributed by atoms with Crippen LogP contribution in [0, 0.1) is 11.3 Å². The van der Waals surface area contributed by atoms with Crippen molar-refractivity contribution in [3.8, 4) is 11.8 Å². The molecule has 1 aliphatic heterocycles. The van der Waals surface area contributed by atoms with Crippen LogP contribution in [0.15, 0.2) is 41.0 Å². The van der Waals surface area contributed by atoms with Crippen molar-refractivity contribution in [1.82, 2.24) is 9.80 Å². The SMILES string of the molecule is C[C@H]1CN(C)CCN1C(=O)c1occc1COc1cccc(C#N)c1. The van der Waals surface area contributed by atoms with Crippen LogP contribution in [0.1, 0.15) is 28.6 Å². The molecule has 6 nitrogen and oxygen atoms in total. The third kappa shape index (κ3) is 3.83. The van der Waals surface area contributed by atoms with Gasteiger partial charge in [0.2, 0.25) is 0 Å². The van der Waals surface area contributed by atoms with Crippen molar-refractivity contribution < 1.29 is 13.9 Å². The van der Waals surface area contributed by atoms with Crippen molar-refractivity contribution in [3.63, 3.8) is 0 Å². The number of rotatable bonds is 4. The lowest BCUT2D eigenvalue weighted by atomic mass is 10.1. The van der Waals surface area contributed by atoms with E-state index in [1.165, 1.54) is 6.26 Å². The van der Waals surface area contributed by atoms with Gasteiger partial charge in [-0.1, -0.05) is 6.07 Å². The van der Waals surface area contributed by atoms with Gasteiger partial charge in [0, 0.05) is 31.2 Å². The Labute approximate surface area is 147 Å². The number of hydrogen-bond donors (Lipinski definition) is 0. The molecule has 2 heterocycles. The first-order valence-electron chi connectivity index (χ1n) is 8.27. The maximum Gasteiger partial charge on any atom is 0.290 e. The third-order valence-corrected chi connectivity index (χ3v) is 4.39. The number of nitriles is 1. The Balaban J connectivity index is 1.70. The summed E-state index contributed by atoms with van der Waals surface area (Å²) in [7, 11) is 2.06. The highest BCUT2D eigenvalue weighted by Crippen LogP contribution is 2.20. The van der Waals surface area contributed by atoms with E-state index in [1.54, 1.807) is 30.3 Å². The number of amides is 1. The van der Waals surface area contributed by atoms with Crippen molar-refractivity contribution >= 4 is 5.91 Å². The van der Waals surface area contributed by atoms with Crippen LogP contribution in [-0.4, -0.2) is 48.4 Å². The van der Waals surface area contributed by atoms with E-state index < -0.39 is 0 Å². The number of piperazine rings is 1. The van der Waals surface area contributed by atoms with Gasteiger partial charge >= 0.3 is 0 Å². The maximum atomic E-state index is 12.8. The predicted octanol–water partition coefficient (Wildman–Crippen LogP) is 2.51. The van der Waals surface area contributed by atoms with Gasteiger partial charge in [0.15, 0.2) is 5.76 Å². The zero-order chi connectivity index (χ0) is 17.8. The van der Waals surface area contributed by atoms with E-state index in [1.807, 2.05) is 11.8 Å². The van der Waals surface area contributed by atoms with Gasteiger partial charge in [-0.2, -0.15) is 5.26 Å². The van der Waals surface area contributed by atoms with Crippen LogP contribution in [0.3, 0.4) is 0 Å². The normalized spacial score (nSPS) is 18.0. The molecule has 130 valence electrons. The lowest BCUT2D eigenvalue weighted by Gasteiger charge is -2.37. The Morgan fingerprint density at radius 3 is 3.00 bits per heavy atom. The Bertz CT molecular complexity index is 793. The molecule has 1 aliphatic rings. The number of ether oxygens (including phenoxy) is 1. The summed E-state index contributed by atoms with van der Waals surface area (Å²) in [4.78, 5) is 16.9. The molecule has 0 unspecified atom stereocenters. The first kappa shape index (κ1) is 17.1. The van der Waals surface area contributed by atoms with E-state index in [9.17, 15) is 4.79 Å². The third-order valence-electron chi connectivity index (χ3n) is 4.39. The van der Waals surface area contributed by atoms with Gasteiger partial charge in [-0.15, -0.1) is 0 Å². The summed E-state index contributed by atoms with van der Waals surface area (Å²) in [6.45, 7) is 4.64. The molecule has 1 atom stereocenters. The first-order valence-corrected chi connectivity index (χ1v) is 8.27. The molecule has 6 heteroatoms.